The number of unbranched alkanes of at least 4 members (excludes halogenated alkanes) is 12. The molecule has 0 aromatic rings. The largest absolute Gasteiger partial charge is 0.472 e. The van der Waals surface area contributed by atoms with Gasteiger partial charge in [-0.3, -0.25) is 18.6 Å². The van der Waals surface area contributed by atoms with Crippen molar-refractivity contribution in [1.29, 1.82) is 0 Å². The number of hydrogen-bond donors (Lipinski definition) is 7. The number of esters is 2. The molecule has 1 rings (SSSR count). The number of phosphoric ester groups is 1. The zero-order valence-electron chi connectivity index (χ0n) is 40.5. The Hall–Kier alpha value is -3.01. The minimum atomic E-state index is -5.15. The fourth-order valence-corrected chi connectivity index (χ4v) is 7.92. The summed E-state index contributed by atoms with van der Waals surface area (Å²) in [6, 6.07) is 0. The van der Waals surface area contributed by atoms with Crippen LogP contribution in [0.5, 0.6) is 0 Å². The number of carbonyl (C=O) groups excluding carboxylic acids is 2. The highest BCUT2D eigenvalue weighted by Crippen LogP contribution is 2.47. The Kier molecular flexibility index (Phi) is 37.8. The average molecular weight is 967 g/mol. The molecule has 3 unspecified atom stereocenters. The number of ether oxygens (including phenoxy) is 2. The molecule has 0 bridgehead atoms. The lowest BCUT2D eigenvalue weighted by molar-refractivity contribution is -0.220. The van der Waals surface area contributed by atoms with Gasteiger partial charge in [0.2, 0.25) is 0 Å². The van der Waals surface area contributed by atoms with Gasteiger partial charge in [-0.05, 0) is 103 Å². The van der Waals surface area contributed by atoms with E-state index >= 15 is 0 Å². The molecule has 1 aliphatic carbocycles. The first-order valence-corrected chi connectivity index (χ1v) is 26.4. The summed E-state index contributed by atoms with van der Waals surface area (Å²) in [7, 11) is -5.15. The van der Waals surface area contributed by atoms with Crippen molar-refractivity contribution in [3.8, 4) is 0 Å². The number of allylic oxidation sites excluding steroid dienone is 14. The maximum Gasteiger partial charge on any atom is 0.472 e. The third kappa shape index (κ3) is 34.0. The first-order chi connectivity index (χ1) is 32.3. The van der Waals surface area contributed by atoms with Crippen molar-refractivity contribution in [3.63, 3.8) is 0 Å². The number of phosphoric acid groups is 1. The third-order valence-electron chi connectivity index (χ3n) is 11.0. The molecule has 0 aromatic heterocycles. The fraction of sp³-hybridized carbons (Fsp3) is 0.692. The Morgan fingerprint density at radius 3 is 1.42 bits per heavy atom. The molecule has 15 heteroatoms. The van der Waals surface area contributed by atoms with Crippen LogP contribution in [0.4, 0.5) is 0 Å². The van der Waals surface area contributed by atoms with E-state index in [9.17, 15) is 49.7 Å². The Balaban J connectivity index is 2.48. The molecule has 0 amide bonds. The molecule has 0 radical (unpaired) electrons. The van der Waals surface area contributed by atoms with Gasteiger partial charge in [0, 0.05) is 12.8 Å². The van der Waals surface area contributed by atoms with Crippen molar-refractivity contribution >= 4 is 19.8 Å². The summed E-state index contributed by atoms with van der Waals surface area (Å²) in [5.41, 5.74) is 0. The van der Waals surface area contributed by atoms with Crippen LogP contribution in [0.25, 0.3) is 0 Å². The molecular weight excluding hydrogens is 880 g/mol. The van der Waals surface area contributed by atoms with E-state index in [0.717, 1.165) is 96.3 Å². The maximum absolute atomic E-state index is 12.8. The highest BCUT2D eigenvalue weighted by Gasteiger charge is 2.51. The van der Waals surface area contributed by atoms with E-state index in [1.807, 2.05) is 12.2 Å². The summed E-state index contributed by atoms with van der Waals surface area (Å²) in [5.74, 6) is -1.20. The van der Waals surface area contributed by atoms with Gasteiger partial charge in [0.1, 0.15) is 43.2 Å². The van der Waals surface area contributed by atoms with Crippen molar-refractivity contribution < 1.29 is 68.2 Å². The SMILES string of the molecule is CCCCCC/C=C\C/C=C\C/C=C\CCCCCCCCC(=O)O[C@H](COC(=O)CCC/C=C\C/C=C\C/C=C\C/C=C\CCC[C@@H](C)O)COP(=O)(O)OC1[C@H](O)[C@H](O)C(O)[C@H](O)[C@H]1O. The van der Waals surface area contributed by atoms with E-state index in [1.165, 1.54) is 25.7 Å². The van der Waals surface area contributed by atoms with E-state index in [1.54, 1.807) is 6.92 Å². The van der Waals surface area contributed by atoms with Crippen LogP contribution in [0.3, 0.4) is 0 Å². The van der Waals surface area contributed by atoms with Crippen LogP contribution in [0, 0.1) is 0 Å². The monoisotopic (exact) mass is 967 g/mol. The lowest BCUT2D eigenvalue weighted by Gasteiger charge is -2.41. The summed E-state index contributed by atoms with van der Waals surface area (Å²) in [6.45, 7) is 2.77. The molecule has 67 heavy (non-hydrogen) atoms. The Morgan fingerprint density at radius 1 is 0.522 bits per heavy atom. The molecule has 14 nitrogen and oxygen atoms in total. The van der Waals surface area contributed by atoms with Gasteiger partial charge in [-0.15, -0.1) is 0 Å². The highest BCUT2D eigenvalue weighted by molar-refractivity contribution is 7.47. The van der Waals surface area contributed by atoms with Gasteiger partial charge in [0.25, 0.3) is 0 Å². The van der Waals surface area contributed by atoms with Crippen LogP contribution in [0.15, 0.2) is 85.1 Å². The molecule has 0 spiro atoms. The molecule has 1 fully saturated rings. The number of hydrogen-bond acceptors (Lipinski definition) is 13. The molecule has 0 heterocycles. The quantitative estimate of drug-likeness (QED) is 0.0131. The first kappa shape index (κ1) is 62.0. The summed E-state index contributed by atoms with van der Waals surface area (Å²) in [4.78, 5) is 35.8. The lowest BCUT2D eigenvalue weighted by Crippen LogP contribution is -2.64. The minimum absolute atomic E-state index is 0.0595. The van der Waals surface area contributed by atoms with Crippen molar-refractivity contribution in [3.05, 3.63) is 85.1 Å². The van der Waals surface area contributed by atoms with Gasteiger partial charge in [-0.25, -0.2) is 4.57 Å². The van der Waals surface area contributed by atoms with Gasteiger partial charge in [-0.1, -0.05) is 137 Å². The van der Waals surface area contributed by atoms with Crippen LogP contribution in [0.1, 0.15) is 168 Å². The summed E-state index contributed by atoms with van der Waals surface area (Å²) >= 11 is 0. The molecule has 0 saturated heterocycles. The zero-order chi connectivity index (χ0) is 49.4. The van der Waals surface area contributed by atoms with Crippen LogP contribution < -0.4 is 0 Å². The molecule has 7 N–H and O–H groups in total. The maximum atomic E-state index is 12.8. The predicted octanol–water partition coefficient (Wildman–Crippen LogP) is 9.42. The van der Waals surface area contributed by atoms with Gasteiger partial charge < -0.3 is 45.0 Å². The van der Waals surface area contributed by atoms with E-state index in [-0.39, 0.29) is 18.9 Å². The third-order valence-corrected chi connectivity index (χ3v) is 12.0. The van der Waals surface area contributed by atoms with Gasteiger partial charge >= 0.3 is 19.8 Å². The lowest BCUT2D eigenvalue weighted by atomic mass is 9.85. The molecular formula is C52H87O14P. The van der Waals surface area contributed by atoms with Crippen molar-refractivity contribution in [2.75, 3.05) is 13.2 Å². The Morgan fingerprint density at radius 2 is 0.925 bits per heavy atom. The number of aliphatic hydroxyl groups is 6. The van der Waals surface area contributed by atoms with E-state index in [2.05, 4.69) is 79.8 Å². The van der Waals surface area contributed by atoms with Crippen molar-refractivity contribution in [2.45, 2.75) is 217 Å². The Bertz CT molecular complexity index is 1510. The second-order valence-corrected chi connectivity index (χ2v) is 18.6. The van der Waals surface area contributed by atoms with E-state index in [4.69, 9.17) is 18.5 Å². The van der Waals surface area contributed by atoms with Crippen LogP contribution in [-0.4, -0.2) is 110 Å². The standard InChI is InChI=1S/C52H87O14P/c1-3-4-5-6-7-8-9-10-11-12-13-14-15-18-22-25-28-31-34-37-40-46(55)65-44(42-64-67(61,62)66-52-50(59)48(57)47(56)49(58)51(52)60)41-63-45(54)39-36-33-30-27-24-21-19-16-17-20-23-26-29-32-35-38-43(2)53/h8-9,11-12,14-15,17,19-21,26-27,29-30,43-44,47-53,56-60H,3-7,10,13,16,18,22-25,28,31-42H2,1-2H3,(H,61,62)/b9-8-,12-11-,15-14-,20-17-,21-19-,29-26-,30-27-/t43-,44-,47?,48-,49+,50-,51-,52?/m1/s1. The van der Waals surface area contributed by atoms with Crippen LogP contribution in [-0.2, 0) is 32.7 Å². The molecule has 0 aliphatic heterocycles. The number of carbonyl (C=O) groups is 2. The van der Waals surface area contributed by atoms with E-state index in [0.29, 0.717) is 19.3 Å². The second-order valence-electron chi connectivity index (χ2n) is 17.2. The highest BCUT2D eigenvalue weighted by atomic mass is 31.2. The number of aliphatic hydroxyl groups excluding tert-OH is 6. The van der Waals surface area contributed by atoms with Crippen molar-refractivity contribution in [2.24, 2.45) is 0 Å². The summed E-state index contributed by atoms with van der Waals surface area (Å²) in [6.07, 6.45) is 37.6. The first-order valence-electron chi connectivity index (χ1n) is 24.9. The molecule has 1 saturated carbocycles. The van der Waals surface area contributed by atoms with E-state index < -0.39 is 75.7 Å². The fourth-order valence-electron chi connectivity index (χ4n) is 6.95. The normalized spacial score (nSPS) is 22.3. The van der Waals surface area contributed by atoms with Gasteiger partial charge in [0.15, 0.2) is 6.10 Å². The predicted molar refractivity (Wildman–Crippen MR) is 264 cm³/mol. The molecule has 0 aromatic carbocycles. The van der Waals surface area contributed by atoms with Crippen LogP contribution in [0.2, 0.25) is 0 Å². The molecule has 1 aliphatic rings. The number of rotatable bonds is 40. The topological polar surface area (TPSA) is 230 Å². The zero-order valence-corrected chi connectivity index (χ0v) is 41.4. The summed E-state index contributed by atoms with van der Waals surface area (Å²) < 4.78 is 33.5. The Labute approximate surface area is 401 Å². The molecule has 384 valence electrons. The summed E-state index contributed by atoms with van der Waals surface area (Å²) in [5, 5.41) is 59.5. The van der Waals surface area contributed by atoms with Crippen LogP contribution >= 0.6 is 7.82 Å². The van der Waals surface area contributed by atoms with Gasteiger partial charge in [-0.2, -0.15) is 0 Å². The van der Waals surface area contributed by atoms with Crippen molar-refractivity contribution in [1.82, 2.24) is 0 Å². The second kappa shape index (κ2) is 40.8. The molecule has 9 atom stereocenters. The average Bonchev–Trinajstić information content (AvgIpc) is 3.30. The van der Waals surface area contributed by atoms with Gasteiger partial charge in [0.05, 0.1) is 12.7 Å². The minimum Gasteiger partial charge on any atom is -0.462 e. The smallest absolute Gasteiger partial charge is 0.462 e.